The van der Waals surface area contributed by atoms with Crippen LogP contribution in [0.15, 0.2) is 42.9 Å². The van der Waals surface area contributed by atoms with Crippen molar-refractivity contribution < 1.29 is 9.59 Å². The lowest BCUT2D eigenvalue weighted by molar-refractivity contribution is -0.131. The van der Waals surface area contributed by atoms with Crippen LogP contribution in [0.5, 0.6) is 0 Å². The summed E-state index contributed by atoms with van der Waals surface area (Å²) in [5.41, 5.74) is 7.56. The van der Waals surface area contributed by atoms with Gasteiger partial charge in [-0.25, -0.2) is 9.97 Å². The highest BCUT2D eigenvalue weighted by atomic mass is 35.5. The zero-order valence-electron chi connectivity index (χ0n) is 21.7. The van der Waals surface area contributed by atoms with Gasteiger partial charge in [-0.05, 0) is 43.0 Å². The summed E-state index contributed by atoms with van der Waals surface area (Å²) in [6.45, 7) is 6.81. The van der Waals surface area contributed by atoms with Crippen LogP contribution in [0.4, 0.5) is 5.82 Å². The van der Waals surface area contributed by atoms with Crippen LogP contribution in [-0.2, 0) is 9.59 Å². The van der Waals surface area contributed by atoms with Crippen molar-refractivity contribution in [1.29, 1.82) is 0 Å². The molecule has 10 nitrogen and oxygen atoms in total. The Bertz CT molecular complexity index is 1260. The number of piperazine rings is 1. The molecule has 0 aliphatic carbocycles. The maximum atomic E-state index is 13.6. The highest BCUT2D eigenvalue weighted by Crippen LogP contribution is 2.29. The number of benzene rings is 1. The van der Waals surface area contributed by atoms with Gasteiger partial charge in [-0.1, -0.05) is 23.7 Å². The fraction of sp³-hybridized carbons (Fsp3) is 0.481. The Morgan fingerprint density at radius 1 is 1.08 bits per heavy atom. The second-order valence-electron chi connectivity index (χ2n) is 10.3. The lowest BCUT2D eigenvalue weighted by Gasteiger charge is -2.39. The van der Waals surface area contributed by atoms with Gasteiger partial charge in [0.15, 0.2) is 0 Å². The van der Waals surface area contributed by atoms with Crippen molar-refractivity contribution >= 4 is 40.3 Å². The summed E-state index contributed by atoms with van der Waals surface area (Å²) < 4.78 is 0. The zero-order valence-corrected chi connectivity index (χ0v) is 22.5. The Hall–Kier alpha value is -3.21. The third-order valence-electron chi connectivity index (χ3n) is 7.87. The number of anilines is 1. The van der Waals surface area contributed by atoms with E-state index in [1.807, 2.05) is 41.4 Å². The van der Waals surface area contributed by atoms with Crippen molar-refractivity contribution in [3.8, 4) is 0 Å². The van der Waals surface area contributed by atoms with Crippen LogP contribution >= 0.6 is 11.6 Å². The van der Waals surface area contributed by atoms with Crippen LogP contribution in [0.2, 0.25) is 5.02 Å². The van der Waals surface area contributed by atoms with E-state index < -0.39 is 5.54 Å². The molecule has 2 saturated heterocycles. The van der Waals surface area contributed by atoms with Gasteiger partial charge in [-0.2, -0.15) is 0 Å². The number of aromatic amines is 1. The third-order valence-corrected chi connectivity index (χ3v) is 8.12. The number of halogens is 1. The summed E-state index contributed by atoms with van der Waals surface area (Å²) in [7, 11) is 0. The van der Waals surface area contributed by atoms with Gasteiger partial charge in [0.05, 0.1) is 17.0 Å². The number of nitrogens with two attached hydrogens (primary N) is 1. The number of rotatable bonds is 7. The van der Waals surface area contributed by atoms with Gasteiger partial charge < -0.3 is 25.8 Å². The summed E-state index contributed by atoms with van der Waals surface area (Å²) in [6.07, 6.45) is 5.20. The Morgan fingerprint density at radius 3 is 2.47 bits per heavy atom. The molecule has 2 fully saturated rings. The monoisotopic (exact) mass is 538 g/mol. The first-order valence-corrected chi connectivity index (χ1v) is 13.6. The minimum atomic E-state index is -0.960. The molecule has 1 atom stereocenters. The summed E-state index contributed by atoms with van der Waals surface area (Å²) >= 11 is 6.13. The molecule has 0 radical (unpaired) electrons. The van der Waals surface area contributed by atoms with Gasteiger partial charge >= 0.3 is 0 Å². The first-order valence-electron chi connectivity index (χ1n) is 13.2. The normalized spacial score (nSPS) is 18.9. The van der Waals surface area contributed by atoms with Gasteiger partial charge in [-0.15, -0.1) is 0 Å². The Kier molecular flexibility index (Phi) is 7.83. The minimum Gasteiger partial charge on any atom is -0.356 e. The molecule has 2 aliphatic heterocycles. The van der Waals surface area contributed by atoms with E-state index in [1.54, 1.807) is 13.3 Å². The Morgan fingerprint density at radius 2 is 1.79 bits per heavy atom. The molecular formula is C27H35ClN8O2. The molecule has 0 unspecified atom stereocenters. The molecule has 3 aromatic rings. The number of H-pyrrole nitrogens is 1. The molecular weight excluding hydrogens is 504 g/mol. The van der Waals surface area contributed by atoms with Crippen molar-refractivity contribution in [3.05, 3.63) is 53.4 Å². The number of piperidine rings is 1. The lowest BCUT2D eigenvalue weighted by atomic mass is 9.87. The van der Waals surface area contributed by atoms with Crippen LogP contribution in [0.25, 0.3) is 11.0 Å². The molecule has 0 bridgehead atoms. The number of hydrogen-bond donors (Lipinski definition) is 3. The second-order valence-corrected chi connectivity index (χ2v) is 10.7. The number of aromatic nitrogens is 3. The zero-order chi connectivity index (χ0) is 26.7. The molecule has 202 valence electrons. The van der Waals surface area contributed by atoms with Crippen molar-refractivity contribution in [2.45, 2.75) is 37.8 Å². The minimum absolute atomic E-state index is 0.118. The third kappa shape index (κ3) is 5.77. The molecule has 2 aliphatic rings. The SMILES string of the molecule is CC(=O)N1CCN(CC[C@H](NC(=O)C2(N)CCN(c3ncnc4[nH]ccc34)CC2)c2ccc(Cl)cc2)CC1. The van der Waals surface area contributed by atoms with Crippen molar-refractivity contribution in [1.82, 2.24) is 30.1 Å². The average Bonchev–Trinajstić information content (AvgIpc) is 3.41. The molecule has 1 aromatic carbocycles. The van der Waals surface area contributed by atoms with Crippen LogP contribution in [0.1, 0.15) is 37.8 Å². The first kappa shape index (κ1) is 26.4. The topological polar surface area (TPSA) is 123 Å². The molecule has 0 saturated carbocycles. The van der Waals surface area contributed by atoms with Crippen LogP contribution in [-0.4, -0.2) is 87.9 Å². The molecule has 2 amide bonds. The fourth-order valence-corrected chi connectivity index (χ4v) is 5.50. The Labute approximate surface area is 227 Å². The maximum Gasteiger partial charge on any atom is 0.240 e. The fourth-order valence-electron chi connectivity index (χ4n) is 5.37. The van der Waals surface area contributed by atoms with E-state index in [4.69, 9.17) is 17.3 Å². The van der Waals surface area contributed by atoms with Gasteiger partial charge in [0, 0.05) is 64.0 Å². The van der Waals surface area contributed by atoms with Gasteiger partial charge in [0.2, 0.25) is 11.8 Å². The van der Waals surface area contributed by atoms with E-state index >= 15 is 0 Å². The van der Waals surface area contributed by atoms with Crippen LogP contribution in [0, 0.1) is 0 Å². The molecule has 11 heteroatoms. The standard InChI is InChI=1S/C27H35ClN8O2/c1-19(37)35-16-14-34(15-17-35)11-7-23(20-2-4-21(28)5-3-20)33-26(38)27(29)8-12-36(13-9-27)25-22-6-10-30-24(22)31-18-32-25/h2-6,10,18,23H,7-9,11-17,29H2,1H3,(H,33,38)(H,30,31,32)/t23-/m0/s1. The largest absolute Gasteiger partial charge is 0.356 e. The maximum absolute atomic E-state index is 13.6. The number of nitrogens with zero attached hydrogens (tertiary/aromatic N) is 5. The van der Waals surface area contributed by atoms with E-state index in [-0.39, 0.29) is 17.9 Å². The molecule has 4 heterocycles. The highest BCUT2D eigenvalue weighted by molar-refractivity contribution is 6.30. The average molecular weight is 539 g/mol. The highest BCUT2D eigenvalue weighted by Gasteiger charge is 2.39. The summed E-state index contributed by atoms with van der Waals surface area (Å²) in [6, 6.07) is 9.40. The number of carbonyl (C=O) groups is 2. The molecule has 2 aromatic heterocycles. The predicted molar refractivity (Wildman–Crippen MR) is 148 cm³/mol. The first-order chi connectivity index (χ1) is 18.3. The summed E-state index contributed by atoms with van der Waals surface area (Å²) in [5.74, 6) is 0.850. The van der Waals surface area contributed by atoms with E-state index in [9.17, 15) is 9.59 Å². The molecule has 4 N–H and O–H groups in total. The van der Waals surface area contributed by atoms with E-state index in [2.05, 4.69) is 30.1 Å². The quantitative estimate of drug-likeness (QED) is 0.422. The number of hydrogen-bond acceptors (Lipinski definition) is 7. The van der Waals surface area contributed by atoms with E-state index in [0.29, 0.717) is 31.0 Å². The van der Waals surface area contributed by atoms with E-state index in [1.165, 1.54) is 0 Å². The lowest BCUT2D eigenvalue weighted by Crippen LogP contribution is -2.60. The van der Waals surface area contributed by atoms with Crippen molar-refractivity contribution in [3.63, 3.8) is 0 Å². The van der Waals surface area contributed by atoms with E-state index in [0.717, 1.165) is 61.6 Å². The van der Waals surface area contributed by atoms with Crippen LogP contribution in [0.3, 0.4) is 0 Å². The number of carbonyl (C=O) groups excluding carboxylic acids is 2. The molecule has 5 rings (SSSR count). The molecule has 0 spiro atoms. The Balaban J connectivity index is 1.23. The number of nitrogens with one attached hydrogen (secondary N) is 2. The van der Waals surface area contributed by atoms with Crippen LogP contribution < -0.4 is 16.0 Å². The summed E-state index contributed by atoms with van der Waals surface area (Å²) in [5, 5.41) is 4.88. The van der Waals surface area contributed by atoms with Crippen molar-refractivity contribution in [2.24, 2.45) is 5.73 Å². The predicted octanol–water partition coefficient (Wildman–Crippen LogP) is 2.32. The summed E-state index contributed by atoms with van der Waals surface area (Å²) in [4.78, 5) is 43.5. The second kappa shape index (κ2) is 11.3. The molecule has 38 heavy (non-hydrogen) atoms. The van der Waals surface area contributed by atoms with Gasteiger partial charge in [-0.3, -0.25) is 14.5 Å². The number of amides is 2. The number of fused-ring (bicyclic) bond motifs is 1. The van der Waals surface area contributed by atoms with Gasteiger partial charge in [0.25, 0.3) is 0 Å². The van der Waals surface area contributed by atoms with Gasteiger partial charge in [0.1, 0.15) is 17.8 Å². The smallest absolute Gasteiger partial charge is 0.240 e. The van der Waals surface area contributed by atoms with Crippen molar-refractivity contribution in [2.75, 3.05) is 50.7 Å².